The van der Waals surface area contributed by atoms with Crippen molar-refractivity contribution in [2.45, 2.75) is 49.6 Å². The van der Waals surface area contributed by atoms with E-state index in [0.717, 1.165) is 17.9 Å². The van der Waals surface area contributed by atoms with Crippen molar-refractivity contribution in [1.82, 2.24) is 9.97 Å². The number of sulfone groups is 1. The second-order valence-electron chi connectivity index (χ2n) is 8.70. The van der Waals surface area contributed by atoms with E-state index in [0.29, 0.717) is 29.3 Å². The fraction of sp³-hybridized carbons (Fsp3) is 0.320. The Bertz CT molecular complexity index is 1440. The van der Waals surface area contributed by atoms with E-state index in [-0.39, 0.29) is 27.8 Å². The van der Waals surface area contributed by atoms with Gasteiger partial charge in [0.2, 0.25) is 0 Å². The molecule has 3 aromatic rings. The molecule has 1 aliphatic rings. The summed E-state index contributed by atoms with van der Waals surface area (Å²) in [6.45, 7) is 6.13. The van der Waals surface area contributed by atoms with Crippen molar-refractivity contribution in [2.75, 3.05) is 10.8 Å². The highest BCUT2D eigenvalue weighted by Gasteiger charge is 2.59. The Morgan fingerprint density at radius 3 is 2.22 bits per heavy atom. The summed E-state index contributed by atoms with van der Waals surface area (Å²) >= 11 is 0. The van der Waals surface area contributed by atoms with Gasteiger partial charge >= 0.3 is 12.1 Å². The van der Waals surface area contributed by atoms with E-state index < -0.39 is 27.5 Å². The first-order valence-corrected chi connectivity index (χ1v) is 13.0. The van der Waals surface area contributed by atoms with Crippen molar-refractivity contribution in [3.63, 3.8) is 0 Å². The molecule has 196 valence electrons. The standard InChI is InChI=1S/C25H23F5N4O2S/c1-4-37(35,36)22-11-19(18-9-7-17(8-10-18)16-5-6-16)13-33-23(22)34(31-3)21-12-20(14-32-15(21)2)24(26,27)25(28,29)30/h7-14,16H,3-6H2,1-2H3. The summed E-state index contributed by atoms with van der Waals surface area (Å²) in [7, 11) is -3.95. The lowest BCUT2D eigenvalue weighted by molar-refractivity contribution is -0.289. The van der Waals surface area contributed by atoms with Crippen molar-refractivity contribution in [3.05, 3.63) is 65.6 Å². The molecule has 1 aromatic carbocycles. The van der Waals surface area contributed by atoms with E-state index in [1.54, 1.807) is 0 Å². The number of hydrazone groups is 1. The van der Waals surface area contributed by atoms with Crippen LogP contribution in [0.1, 0.15) is 42.5 Å². The van der Waals surface area contributed by atoms with Gasteiger partial charge in [0.1, 0.15) is 4.90 Å². The third-order valence-corrected chi connectivity index (χ3v) is 7.92. The molecule has 0 radical (unpaired) electrons. The quantitative estimate of drug-likeness (QED) is 0.185. The Balaban J connectivity index is 1.84. The first kappa shape index (κ1) is 26.6. The predicted octanol–water partition coefficient (Wildman–Crippen LogP) is 6.53. The molecule has 0 atom stereocenters. The summed E-state index contributed by atoms with van der Waals surface area (Å²) in [6, 6.07) is 9.57. The Morgan fingerprint density at radius 2 is 1.68 bits per heavy atom. The first-order chi connectivity index (χ1) is 17.3. The van der Waals surface area contributed by atoms with Crippen molar-refractivity contribution in [3.8, 4) is 11.1 Å². The maximum atomic E-state index is 14.0. The molecule has 12 heteroatoms. The SMILES string of the molecule is C=NN(c1cc(C(F)(F)C(F)(F)F)cnc1C)c1ncc(-c2ccc(C3CC3)cc2)cc1S(=O)(=O)CC. The van der Waals surface area contributed by atoms with E-state index in [1.807, 2.05) is 24.3 Å². The summed E-state index contributed by atoms with van der Waals surface area (Å²) in [6.07, 6.45) is -1.81. The van der Waals surface area contributed by atoms with Crippen molar-refractivity contribution in [1.29, 1.82) is 0 Å². The third kappa shape index (κ3) is 5.07. The minimum atomic E-state index is -5.86. The van der Waals surface area contributed by atoms with Crippen LogP contribution >= 0.6 is 0 Å². The minimum absolute atomic E-state index is 0.00973. The molecule has 0 spiro atoms. The van der Waals surface area contributed by atoms with Gasteiger partial charge in [-0.25, -0.2) is 18.4 Å². The number of nitrogens with zero attached hydrogens (tertiary/aromatic N) is 4. The van der Waals surface area contributed by atoms with E-state index in [4.69, 9.17) is 0 Å². The molecule has 37 heavy (non-hydrogen) atoms. The van der Waals surface area contributed by atoms with Crippen molar-refractivity contribution < 1.29 is 30.4 Å². The molecule has 2 aromatic heterocycles. The highest BCUT2D eigenvalue weighted by molar-refractivity contribution is 7.91. The number of benzene rings is 1. The van der Waals surface area contributed by atoms with Gasteiger partial charge in [0.25, 0.3) is 0 Å². The Morgan fingerprint density at radius 1 is 1.03 bits per heavy atom. The van der Waals surface area contributed by atoms with Crippen LogP contribution in [-0.4, -0.2) is 37.0 Å². The Hall–Kier alpha value is -3.41. The third-order valence-electron chi connectivity index (χ3n) is 6.19. The highest BCUT2D eigenvalue weighted by atomic mass is 32.2. The maximum Gasteiger partial charge on any atom is 0.458 e. The van der Waals surface area contributed by atoms with Crippen LogP contribution < -0.4 is 5.01 Å². The lowest BCUT2D eigenvalue weighted by atomic mass is 10.0. The molecule has 6 nitrogen and oxygen atoms in total. The Labute approximate surface area is 210 Å². The average molecular weight is 539 g/mol. The molecule has 2 heterocycles. The molecule has 1 saturated carbocycles. The molecule has 1 aliphatic carbocycles. The van der Waals surface area contributed by atoms with Crippen LogP contribution in [0.15, 0.2) is 58.8 Å². The van der Waals surface area contributed by atoms with Gasteiger partial charge in [-0.05, 0) is 48.9 Å². The van der Waals surface area contributed by atoms with Crippen LogP contribution in [0.2, 0.25) is 0 Å². The molecular formula is C25H23F5N4O2S. The van der Waals surface area contributed by atoms with Crippen LogP contribution in [0.5, 0.6) is 0 Å². The van der Waals surface area contributed by atoms with Crippen molar-refractivity contribution in [2.24, 2.45) is 5.10 Å². The van der Waals surface area contributed by atoms with Crippen LogP contribution in [0.3, 0.4) is 0 Å². The number of anilines is 2. The smallest absolute Gasteiger partial charge is 0.259 e. The van der Waals surface area contributed by atoms with Crippen LogP contribution in [0.4, 0.5) is 33.5 Å². The molecule has 0 amide bonds. The predicted molar refractivity (Wildman–Crippen MR) is 130 cm³/mol. The van der Waals surface area contributed by atoms with Gasteiger partial charge in [-0.2, -0.15) is 27.1 Å². The highest BCUT2D eigenvalue weighted by Crippen LogP contribution is 2.45. The first-order valence-electron chi connectivity index (χ1n) is 11.3. The molecule has 1 fully saturated rings. The number of hydrogen-bond acceptors (Lipinski definition) is 6. The average Bonchev–Trinajstić information content (AvgIpc) is 3.70. The lowest BCUT2D eigenvalue weighted by Crippen LogP contribution is -2.34. The summed E-state index contributed by atoms with van der Waals surface area (Å²) in [4.78, 5) is 7.64. The minimum Gasteiger partial charge on any atom is -0.259 e. The van der Waals surface area contributed by atoms with E-state index >= 15 is 0 Å². The summed E-state index contributed by atoms with van der Waals surface area (Å²) < 4.78 is 93.1. The second kappa shape index (κ2) is 9.47. The number of hydrogen-bond donors (Lipinski definition) is 0. The van der Waals surface area contributed by atoms with Crippen LogP contribution in [0, 0.1) is 6.92 Å². The Kier molecular flexibility index (Phi) is 6.82. The van der Waals surface area contributed by atoms with Gasteiger partial charge in [-0.3, -0.25) is 4.98 Å². The number of halogens is 5. The van der Waals surface area contributed by atoms with Gasteiger partial charge in [-0.1, -0.05) is 31.2 Å². The lowest BCUT2D eigenvalue weighted by Gasteiger charge is -2.25. The van der Waals surface area contributed by atoms with Gasteiger partial charge in [0.15, 0.2) is 15.7 Å². The molecule has 0 bridgehead atoms. The summed E-state index contributed by atoms with van der Waals surface area (Å²) in [5.41, 5.74) is 0.637. The number of aromatic nitrogens is 2. The molecule has 0 saturated heterocycles. The fourth-order valence-electron chi connectivity index (χ4n) is 3.83. The second-order valence-corrected chi connectivity index (χ2v) is 10.9. The normalized spacial score (nSPS) is 14.5. The molecule has 4 rings (SSSR count). The summed E-state index contributed by atoms with van der Waals surface area (Å²) in [5, 5.41) is 4.52. The van der Waals surface area contributed by atoms with E-state index in [2.05, 4.69) is 21.8 Å². The zero-order valence-corrected chi connectivity index (χ0v) is 20.7. The maximum absolute atomic E-state index is 14.0. The van der Waals surface area contributed by atoms with Gasteiger partial charge in [0.05, 0.1) is 22.7 Å². The van der Waals surface area contributed by atoms with Crippen molar-refractivity contribution >= 4 is 28.1 Å². The topological polar surface area (TPSA) is 75.5 Å². The fourth-order valence-corrected chi connectivity index (χ4v) is 4.87. The number of pyridine rings is 2. The zero-order chi connectivity index (χ0) is 27.2. The van der Waals surface area contributed by atoms with Gasteiger partial charge in [-0.15, -0.1) is 0 Å². The van der Waals surface area contributed by atoms with Gasteiger partial charge in [0, 0.05) is 24.7 Å². The van der Waals surface area contributed by atoms with Gasteiger partial charge < -0.3 is 0 Å². The monoisotopic (exact) mass is 538 g/mol. The van der Waals surface area contributed by atoms with E-state index in [9.17, 15) is 30.4 Å². The van der Waals surface area contributed by atoms with Crippen LogP contribution in [0.25, 0.3) is 11.1 Å². The molecule has 0 aliphatic heterocycles. The largest absolute Gasteiger partial charge is 0.458 e. The number of alkyl halides is 5. The molecule has 0 unspecified atom stereocenters. The number of rotatable bonds is 8. The van der Waals surface area contributed by atoms with E-state index in [1.165, 1.54) is 31.7 Å². The zero-order valence-electron chi connectivity index (χ0n) is 19.9. The molecule has 0 N–H and O–H groups in total. The molecular weight excluding hydrogens is 515 g/mol. The number of aryl methyl sites for hydroxylation is 1. The van der Waals surface area contributed by atoms with Crippen LogP contribution in [-0.2, 0) is 15.8 Å². The summed E-state index contributed by atoms with van der Waals surface area (Å²) in [5.74, 6) is -5.28.